The molecule has 1 aromatic heterocycles. The summed E-state index contributed by atoms with van der Waals surface area (Å²) in [5.41, 5.74) is 0. The summed E-state index contributed by atoms with van der Waals surface area (Å²) in [6.07, 6.45) is 1.88. The molecule has 1 heterocycles. The SMILES string of the molecule is C=CCN(Cc1cccs1)C(=S)NCCSc1ccc(Cl)cc1. The Bertz CT molecular complexity index is 611. The fourth-order valence-corrected chi connectivity index (χ4v) is 3.79. The lowest BCUT2D eigenvalue weighted by atomic mass is 10.4. The third-order valence-corrected chi connectivity index (χ3v) is 5.55. The van der Waals surface area contributed by atoms with Gasteiger partial charge in [-0.2, -0.15) is 0 Å². The van der Waals surface area contributed by atoms with Gasteiger partial charge in [-0.1, -0.05) is 23.7 Å². The Morgan fingerprint density at radius 1 is 1.35 bits per heavy atom. The van der Waals surface area contributed by atoms with E-state index in [0.717, 1.165) is 35.5 Å². The Kier molecular flexibility index (Phi) is 7.95. The van der Waals surface area contributed by atoms with Gasteiger partial charge in [-0.15, -0.1) is 29.7 Å². The van der Waals surface area contributed by atoms with Crippen LogP contribution in [0.2, 0.25) is 5.02 Å². The van der Waals surface area contributed by atoms with Gasteiger partial charge in [0.1, 0.15) is 0 Å². The normalized spacial score (nSPS) is 10.3. The number of hydrogen-bond acceptors (Lipinski definition) is 3. The van der Waals surface area contributed by atoms with Crippen molar-refractivity contribution in [3.63, 3.8) is 0 Å². The number of hydrogen-bond donors (Lipinski definition) is 1. The highest BCUT2D eigenvalue weighted by atomic mass is 35.5. The highest BCUT2D eigenvalue weighted by Gasteiger charge is 2.09. The molecular formula is C17H19ClN2S3. The molecule has 2 nitrogen and oxygen atoms in total. The van der Waals surface area contributed by atoms with Crippen molar-refractivity contribution in [2.45, 2.75) is 11.4 Å². The van der Waals surface area contributed by atoms with Crippen LogP contribution in [0.5, 0.6) is 0 Å². The molecule has 0 bridgehead atoms. The first-order valence-corrected chi connectivity index (χ1v) is 9.88. The minimum Gasteiger partial charge on any atom is -0.362 e. The molecule has 0 saturated carbocycles. The lowest BCUT2D eigenvalue weighted by Gasteiger charge is -2.24. The van der Waals surface area contributed by atoms with E-state index in [4.69, 9.17) is 23.8 Å². The molecule has 6 heteroatoms. The standard InChI is InChI=1S/C17H19ClN2S3/c1-2-10-20(13-16-4-3-11-22-16)17(21)19-9-12-23-15-7-5-14(18)6-8-15/h2-8,11H,1,9-10,12-13H2,(H,19,21). The van der Waals surface area contributed by atoms with Gasteiger partial charge in [0.05, 0.1) is 6.54 Å². The summed E-state index contributed by atoms with van der Waals surface area (Å²) in [7, 11) is 0. The van der Waals surface area contributed by atoms with Crippen LogP contribution >= 0.6 is 46.9 Å². The van der Waals surface area contributed by atoms with Gasteiger partial charge >= 0.3 is 0 Å². The summed E-state index contributed by atoms with van der Waals surface area (Å²) in [6, 6.07) is 12.1. The average molecular weight is 383 g/mol. The van der Waals surface area contributed by atoms with Crippen molar-refractivity contribution in [3.05, 3.63) is 64.3 Å². The largest absolute Gasteiger partial charge is 0.362 e. The van der Waals surface area contributed by atoms with Crippen molar-refractivity contribution < 1.29 is 0 Å². The third kappa shape index (κ3) is 6.55. The molecule has 0 spiro atoms. The summed E-state index contributed by atoms with van der Waals surface area (Å²) in [4.78, 5) is 4.64. The van der Waals surface area contributed by atoms with Crippen LogP contribution in [0, 0.1) is 0 Å². The van der Waals surface area contributed by atoms with Gasteiger partial charge in [0.15, 0.2) is 5.11 Å². The van der Waals surface area contributed by atoms with E-state index < -0.39 is 0 Å². The number of thiophene rings is 1. The number of thioether (sulfide) groups is 1. The van der Waals surface area contributed by atoms with Crippen LogP contribution in [0.25, 0.3) is 0 Å². The molecule has 2 rings (SSSR count). The molecule has 0 aliphatic heterocycles. The Morgan fingerprint density at radius 3 is 2.78 bits per heavy atom. The minimum absolute atomic E-state index is 0.744. The van der Waals surface area contributed by atoms with E-state index >= 15 is 0 Å². The van der Waals surface area contributed by atoms with Gasteiger partial charge in [0.2, 0.25) is 0 Å². The van der Waals surface area contributed by atoms with Gasteiger partial charge < -0.3 is 10.2 Å². The summed E-state index contributed by atoms with van der Waals surface area (Å²) >= 11 is 14.9. The first kappa shape index (κ1) is 18.3. The summed E-state index contributed by atoms with van der Waals surface area (Å²) in [6.45, 7) is 6.20. The fraction of sp³-hybridized carbons (Fsp3) is 0.235. The molecule has 0 atom stereocenters. The Hall–Kier alpha value is -1.01. The van der Waals surface area contributed by atoms with Gasteiger partial charge in [0, 0.05) is 33.6 Å². The van der Waals surface area contributed by atoms with Crippen LogP contribution in [0.4, 0.5) is 0 Å². The van der Waals surface area contributed by atoms with Crippen molar-refractivity contribution in [2.75, 3.05) is 18.8 Å². The summed E-state index contributed by atoms with van der Waals surface area (Å²) in [5.74, 6) is 0.947. The first-order valence-electron chi connectivity index (χ1n) is 7.23. The Morgan fingerprint density at radius 2 is 2.13 bits per heavy atom. The van der Waals surface area contributed by atoms with Crippen LogP contribution in [-0.2, 0) is 6.54 Å². The first-order chi connectivity index (χ1) is 11.2. The van der Waals surface area contributed by atoms with E-state index in [1.165, 1.54) is 9.77 Å². The number of nitrogens with one attached hydrogen (secondary N) is 1. The van der Waals surface area contributed by atoms with E-state index in [1.54, 1.807) is 23.1 Å². The van der Waals surface area contributed by atoms with E-state index in [1.807, 2.05) is 30.3 Å². The number of nitrogens with zero attached hydrogens (tertiary/aromatic N) is 1. The van der Waals surface area contributed by atoms with Crippen LogP contribution in [0.15, 0.2) is 59.3 Å². The zero-order valence-electron chi connectivity index (χ0n) is 12.7. The summed E-state index contributed by atoms with van der Waals surface area (Å²) in [5, 5.41) is 6.95. The summed E-state index contributed by atoms with van der Waals surface area (Å²) < 4.78 is 0. The molecule has 0 fully saturated rings. The van der Waals surface area contributed by atoms with Crippen LogP contribution < -0.4 is 5.32 Å². The smallest absolute Gasteiger partial charge is 0.169 e. The lowest BCUT2D eigenvalue weighted by molar-refractivity contribution is 0.453. The van der Waals surface area contributed by atoms with Crippen molar-refractivity contribution in [2.24, 2.45) is 0 Å². The van der Waals surface area contributed by atoms with E-state index in [0.29, 0.717) is 0 Å². The number of thiocarbonyl (C=S) groups is 1. The molecule has 0 unspecified atom stereocenters. The van der Waals surface area contributed by atoms with E-state index in [-0.39, 0.29) is 0 Å². The van der Waals surface area contributed by atoms with Crippen LogP contribution in [0.3, 0.4) is 0 Å². The molecule has 122 valence electrons. The van der Waals surface area contributed by atoms with Crippen LogP contribution in [-0.4, -0.2) is 28.9 Å². The van der Waals surface area contributed by atoms with Crippen LogP contribution in [0.1, 0.15) is 4.88 Å². The highest BCUT2D eigenvalue weighted by Crippen LogP contribution is 2.19. The molecule has 0 aliphatic carbocycles. The Labute approximate surface area is 156 Å². The predicted molar refractivity (Wildman–Crippen MR) is 108 cm³/mol. The minimum atomic E-state index is 0.744. The molecular weight excluding hydrogens is 364 g/mol. The molecule has 0 amide bonds. The quantitative estimate of drug-likeness (QED) is 0.297. The zero-order chi connectivity index (χ0) is 16.5. The van der Waals surface area contributed by atoms with Crippen molar-refractivity contribution in [1.82, 2.24) is 10.2 Å². The number of benzene rings is 1. The molecule has 1 N–H and O–H groups in total. The second-order valence-electron chi connectivity index (χ2n) is 4.78. The van der Waals surface area contributed by atoms with Gasteiger partial charge in [-0.05, 0) is 47.9 Å². The number of halogens is 1. The maximum absolute atomic E-state index is 5.89. The molecule has 1 aromatic carbocycles. The second kappa shape index (κ2) is 9.98. The maximum atomic E-state index is 5.89. The zero-order valence-corrected chi connectivity index (χ0v) is 15.9. The highest BCUT2D eigenvalue weighted by molar-refractivity contribution is 7.99. The monoisotopic (exact) mass is 382 g/mol. The van der Waals surface area contributed by atoms with Gasteiger partial charge in [-0.25, -0.2) is 0 Å². The van der Waals surface area contributed by atoms with E-state index in [2.05, 4.69) is 34.3 Å². The van der Waals surface area contributed by atoms with Crippen molar-refractivity contribution in [3.8, 4) is 0 Å². The second-order valence-corrected chi connectivity index (χ2v) is 7.81. The van der Waals surface area contributed by atoms with Crippen molar-refractivity contribution in [1.29, 1.82) is 0 Å². The fourth-order valence-electron chi connectivity index (χ4n) is 1.94. The number of rotatable bonds is 8. The topological polar surface area (TPSA) is 15.3 Å². The van der Waals surface area contributed by atoms with Crippen molar-refractivity contribution >= 4 is 52.0 Å². The van der Waals surface area contributed by atoms with Gasteiger partial charge in [-0.3, -0.25) is 0 Å². The maximum Gasteiger partial charge on any atom is 0.169 e. The predicted octanol–water partition coefficient (Wildman–Crippen LogP) is 5.06. The molecule has 0 saturated heterocycles. The average Bonchev–Trinajstić information content (AvgIpc) is 3.06. The third-order valence-electron chi connectivity index (χ3n) is 3.02. The van der Waals surface area contributed by atoms with E-state index in [9.17, 15) is 0 Å². The molecule has 0 aliphatic rings. The molecule has 0 radical (unpaired) electrons. The molecule has 23 heavy (non-hydrogen) atoms. The Balaban J connectivity index is 1.75. The lowest BCUT2D eigenvalue weighted by Crippen LogP contribution is -2.40. The molecule has 2 aromatic rings. The van der Waals surface area contributed by atoms with Gasteiger partial charge in [0.25, 0.3) is 0 Å².